The molecule has 2 aromatic rings. The topological polar surface area (TPSA) is 70.4 Å². The normalized spacial score (nSPS) is 16.0. The van der Waals surface area contributed by atoms with Crippen LogP contribution in [0.25, 0.3) is 0 Å². The van der Waals surface area contributed by atoms with E-state index in [1.165, 1.54) is 12.1 Å². The number of amides is 1. The van der Waals surface area contributed by atoms with Gasteiger partial charge in [-0.05, 0) is 54.8 Å². The molecule has 0 spiro atoms. The molecular formula is C21H19FN2O3. The molecule has 0 unspecified atom stereocenters. The number of halogens is 1. The molecule has 2 aromatic carbocycles. The molecule has 0 aliphatic carbocycles. The van der Waals surface area contributed by atoms with Gasteiger partial charge < -0.3 is 9.64 Å². The van der Waals surface area contributed by atoms with Gasteiger partial charge in [0.05, 0.1) is 29.7 Å². The van der Waals surface area contributed by atoms with Crippen LogP contribution in [0.2, 0.25) is 0 Å². The van der Waals surface area contributed by atoms with E-state index in [-0.39, 0.29) is 30.8 Å². The van der Waals surface area contributed by atoms with Gasteiger partial charge in [-0.1, -0.05) is 12.1 Å². The number of rotatable bonds is 5. The minimum atomic E-state index is -0.475. The highest BCUT2D eigenvalue weighted by Crippen LogP contribution is 2.20. The largest absolute Gasteiger partial charge is 0.460 e. The predicted octanol–water partition coefficient (Wildman–Crippen LogP) is 3.09. The van der Waals surface area contributed by atoms with Gasteiger partial charge >= 0.3 is 5.97 Å². The van der Waals surface area contributed by atoms with Crippen molar-refractivity contribution in [3.8, 4) is 6.07 Å². The Labute approximate surface area is 157 Å². The van der Waals surface area contributed by atoms with E-state index >= 15 is 0 Å². The zero-order valence-corrected chi connectivity index (χ0v) is 14.7. The number of carbonyl (C=O) groups excluding carboxylic acids is 2. The number of benzene rings is 2. The number of nitrogens with zero attached hydrogens (tertiary/aromatic N) is 2. The molecule has 1 atom stereocenters. The summed E-state index contributed by atoms with van der Waals surface area (Å²) < 4.78 is 18.4. The highest BCUT2D eigenvalue weighted by atomic mass is 19.1. The molecule has 6 heteroatoms. The van der Waals surface area contributed by atoms with Gasteiger partial charge in [0, 0.05) is 6.54 Å². The summed E-state index contributed by atoms with van der Waals surface area (Å²) in [7, 11) is 0. The maximum Gasteiger partial charge on any atom is 0.338 e. The summed E-state index contributed by atoms with van der Waals surface area (Å²) in [5.41, 5.74) is 1.60. The number of likely N-dealkylation sites (tertiary alicyclic amines) is 1. The van der Waals surface area contributed by atoms with Gasteiger partial charge in [0.2, 0.25) is 5.91 Å². The van der Waals surface area contributed by atoms with Gasteiger partial charge in [0.25, 0.3) is 0 Å². The van der Waals surface area contributed by atoms with Crippen molar-refractivity contribution >= 4 is 11.9 Å². The highest BCUT2D eigenvalue weighted by molar-refractivity contribution is 5.89. The SMILES string of the molecule is N#Cc1ccc(C(=O)OC[C@@H]2CCCN2C(=O)Cc2ccc(F)cc2)cc1. The quantitative estimate of drug-likeness (QED) is 0.763. The van der Waals surface area contributed by atoms with Gasteiger partial charge in [-0.25, -0.2) is 9.18 Å². The fraction of sp³-hybridized carbons (Fsp3) is 0.286. The Morgan fingerprint density at radius 3 is 2.52 bits per heavy atom. The number of nitriles is 1. The van der Waals surface area contributed by atoms with Crippen LogP contribution in [-0.4, -0.2) is 36.0 Å². The van der Waals surface area contributed by atoms with Crippen LogP contribution in [0.4, 0.5) is 4.39 Å². The number of ether oxygens (including phenoxy) is 1. The Hall–Kier alpha value is -3.20. The van der Waals surface area contributed by atoms with Crippen molar-refractivity contribution in [3.05, 3.63) is 71.0 Å². The standard InChI is InChI=1S/C21H19FN2O3/c22-18-9-5-15(6-10-18)12-20(25)24-11-1-2-19(24)14-27-21(26)17-7-3-16(13-23)4-8-17/h3-10,19H,1-2,11-12,14H2/t19-/m0/s1. The van der Waals surface area contributed by atoms with E-state index in [0.29, 0.717) is 17.7 Å². The Kier molecular flexibility index (Phi) is 5.82. The maximum absolute atomic E-state index is 13.0. The molecule has 1 amide bonds. The van der Waals surface area contributed by atoms with Crippen molar-refractivity contribution in [1.82, 2.24) is 4.90 Å². The van der Waals surface area contributed by atoms with E-state index in [9.17, 15) is 14.0 Å². The van der Waals surface area contributed by atoms with Crippen LogP contribution >= 0.6 is 0 Å². The molecule has 1 heterocycles. The van der Waals surface area contributed by atoms with Gasteiger partial charge in [0.1, 0.15) is 12.4 Å². The first-order chi connectivity index (χ1) is 13.1. The van der Waals surface area contributed by atoms with E-state index < -0.39 is 5.97 Å². The summed E-state index contributed by atoms with van der Waals surface area (Å²) in [5, 5.41) is 8.79. The zero-order valence-electron chi connectivity index (χ0n) is 14.7. The summed E-state index contributed by atoms with van der Waals surface area (Å²) in [6.07, 6.45) is 1.82. The number of esters is 1. The van der Waals surface area contributed by atoms with Crippen LogP contribution in [0.3, 0.4) is 0 Å². The second-order valence-electron chi connectivity index (χ2n) is 6.47. The summed E-state index contributed by atoms with van der Waals surface area (Å²) in [5.74, 6) is -0.865. The third-order valence-electron chi connectivity index (χ3n) is 4.62. The van der Waals surface area contributed by atoms with Crippen LogP contribution < -0.4 is 0 Å². The first kappa shape index (κ1) is 18.6. The van der Waals surface area contributed by atoms with Crippen molar-refractivity contribution < 1.29 is 18.7 Å². The van der Waals surface area contributed by atoms with Crippen molar-refractivity contribution in [2.45, 2.75) is 25.3 Å². The van der Waals surface area contributed by atoms with Gasteiger partial charge in [-0.15, -0.1) is 0 Å². The fourth-order valence-corrected chi connectivity index (χ4v) is 3.15. The Balaban J connectivity index is 1.55. The molecule has 1 fully saturated rings. The first-order valence-corrected chi connectivity index (χ1v) is 8.78. The second-order valence-corrected chi connectivity index (χ2v) is 6.47. The molecule has 138 valence electrons. The third-order valence-corrected chi connectivity index (χ3v) is 4.62. The van der Waals surface area contributed by atoms with Crippen LogP contribution in [0.5, 0.6) is 0 Å². The molecule has 1 aliphatic rings. The number of hydrogen-bond acceptors (Lipinski definition) is 4. The Morgan fingerprint density at radius 1 is 1.15 bits per heavy atom. The summed E-state index contributed by atoms with van der Waals surface area (Å²) in [6, 6.07) is 13.9. The molecule has 0 N–H and O–H groups in total. The van der Waals surface area contributed by atoms with Crippen molar-refractivity contribution in [2.75, 3.05) is 13.2 Å². The van der Waals surface area contributed by atoms with Crippen molar-refractivity contribution in [1.29, 1.82) is 5.26 Å². The third kappa shape index (κ3) is 4.70. The molecule has 1 aliphatic heterocycles. The van der Waals surface area contributed by atoms with Crippen LogP contribution in [0, 0.1) is 17.1 Å². The number of hydrogen-bond donors (Lipinski definition) is 0. The Bertz CT molecular complexity index is 856. The fourth-order valence-electron chi connectivity index (χ4n) is 3.15. The maximum atomic E-state index is 13.0. The molecule has 1 saturated heterocycles. The van der Waals surface area contributed by atoms with Crippen LogP contribution in [0.15, 0.2) is 48.5 Å². The lowest BCUT2D eigenvalue weighted by Crippen LogP contribution is -2.39. The summed E-state index contributed by atoms with van der Waals surface area (Å²) >= 11 is 0. The van der Waals surface area contributed by atoms with Crippen LogP contribution in [-0.2, 0) is 16.0 Å². The molecule has 0 radical (unpaired) electrons. The summed E-state index contributed by atoms with van der Waals surface area (Å²) in [4.78, 5) is 26.4. The lowest BCUT2D eigenvalue weighted by Gasteiger charge is -2.24. The average Bonchev–Trinajstić information content (AvgIpc) is 3.17. The van der Waals surface area contributed by atoms with Gasteiger partial charge in [-0.3, -0.25) is 4.79 Å². The van der Waals surface area contributed by atoms with Crippen molar-refractivity contribution in [3.63, 3.8) is 0 Å². The van der Waals surface area contributed by atoms with E-state index in [4.69, 9.17) is 10.00 Å². The summed E-state index contributed by atoms with van der Waals surface area (Å²) in [6.45, 7) is 0.757. The molecule has 3 rings (SSSR count). The first-order valence-electron chi connectivity index (χ1n) is 8.78. The van der Waals surface area contributed by atoms with Gasteiger partial charge in [0.15, 0.2) is 0 Å². The highest BCUT2D eigenvalue weighted by Gasteiger charge is 2.29. The average molecular weight is 366 g/mol. The smallest absolute Gasteiger partial charge is 0.338 e. The van der Waals surface area contributed by atoms with Crippen LogP contribution in [0.1, 0.15) is 34.3 Å². The molecule has 5 nitrogen and oxygen atoms in total. The monoisotopic (exact) mass is 366 g/mol. The molecule has 27 heavy (non-hydrogen) atoms. The van der Waals surface area contributed by atoms with Crippen molar-refractivity contribution in [2.24, 2.45) is 0 Å². The zero-order chi connectivity index (χ0) is 19.2. The minimum absolute atomic E-state index is 0.0569. The molecule has 0 bridgehead atoms. The Morgan fingerprint density at radius 2 is 1.85 bits per heavy atom. The second kappa shape index (κ2) is 8.45. The molecule has 0 saturated carbocycles. The molecule has 0 aromatic heterocycles. The van der Waals surface area contributed by atoms with E-state index in [1.54, 1.807) is 41.3 Å². The van der Waals surface area contributed by atoms with E-state index in [0.717, 1.165) is 18.4 Å². The lowest BCUT2D eigenvalue weighted by atomic mass is 10.1. The predicted molar refractivity (Wildman–Crippen MR) is 96.3 cm³/mol. The number of carbonyl (C=O) groups is 2. The lowest BCUT2D eigenvalue weighted by molar-refractivity contribution is -0.132. The van der Waals surface area contributed by atoms with E-state index in [2.05, 4.69) is 0 Å². The minimum Gasteiger partial charge on any atom is -0.460 e. The van der Waals surface area contributed by atoms with E-state index in [1.807, 2.05) is 6.07 Å². The van der Waals surface area contributed by atoms with Gasteiger partial charge in [-0.2, -0.15) is 5.26 Å². The molecular weight excluding hydrogens is 347 g/mol.